The lowest BCUT2D eigenvalue weighted by atomic mass is 9.74. The molecule has 0 unspecified atom stereocenters. The molecule has 1 saturated heterocycles. The molecule has 3 rings (SSSR count). The van der Waals surface area contributed by atoms with Crippen LogP contribution in [0.1, 0.15) is 84.0 Å². The van der Waals surface area contributed by atoms with Crippen LogP contribution in [0.3, 0.4) is 0 Å². The SMILES string of the molecule is CCCC1CCC(C2COC(C3CCC(CCC=C(F)F)CC3)OC2)CC1. The van der Waals surface area contributed by atoms with Crippen LogP contribution in [-0.4, -0.2) is 19.5 Å². The van der Waals surface area contributed by atoms with Gasteiger partial charge in [-0.3, -0.25) is 0 Å². The topological polar surface area (TPSA) is 18.5 Å². The average molecular weight is 385 g/mol. The fourth-order valence-corrected chi connectivity index (χ4v) is 5.61. The van der Waals surface area contributed by atoms with Crippen LogP contribution in [0, 0.1) is 29.6 Å². The minimum Gasteiger partial charge on any atom is -0.352 e. The molecule has 0 aromatic rings. The van der Waals surface area contributed by atoms with Gasteiger partial charge in [0.05, 0.1) is 13.2 Å². The first-order chi connectivity index (χ1) is 13.2. The Morgan fingerprint density at radius 1 is 0.778 bits per heavy atom. The molecule has 1 heterocycles. The fraction of sp³-hybridized carbons (Fsp3) is 0.913. The molecule has 0 spiro atoms. The highest BCUT2D eigenvalue weighted by Crippen LogP contribution is 2.40. The Morgan fingerprint density at radius 3 is 1.89 bits per heavy atom. The Kier molecular flexibility index (Phi) is 8.57. The second-order valence-corrected chi connectivity index (χ2v) is 9.22. The predicted molar refractivity (Wildman–Crippen MR) is 105 cm³/mol. The molecular formula is C23H38F2O2. The molecule has 0 atom stereocenters. The molecule has 2 saturated carbocycles. The van der Waals surface area contributed by atoms with Gasteiger partial charge in [0, 0.05) is 11.8 Å². The van der Waals surface area contributed by atoms with Crippen molar-refractivity contribution >= 4 is 0 Å². The summed E-state index contributed by atoms with van der Waals surface area (Å²) in [5, 5.41) is 0. The van der Waals surface area contributed by atoms with Gasteiger partial charge in [-0.25, -0.2) is 0 Å². The average Bonchev–Trinajstić information content (AvgIpc) is 2.69. The lowest BCUT2D eigenvalue weighted by Crippen LogP contribution is -2.41. The molecule has 2 nitrogen and oxygen atoms in total. The van der Waals surface area contributed by atoms with Gasteiger partial charge in [-0.2, -0.15) is 8.78 Å². The Bertz CT molecular complexity index is 439. The van der Waals surface area contributed by atoms with E-state index in [-0.39, 0.29) is 6.29 Å². The molecule has 3 aliphatic rings. The number of hydrogen-bond donors (Lipinski definition) is 0. The highest BCUT2D eigenvalue weighted by Gasteiger charge is 2.35. The fourth-order valence-electron chi connectivity index (χ4n) is 5.61. The maximum Gasteiger partial charge on any atom is 0.266 e. The van der Waals surface area contributed by atoms with Crippen molar-refractivity contribution in [3.63, 3.8) is 0 Å². The molecule has 1 aliphatic heterocycles. The molecule has 0 amide bonds. The predicted octanol–water partition coefficient (Wildman–Crippen LogP) is 6.95. The minimum atomic E-state index is -1.54. The molecule has 0 aromatic heterocycles. The molecule has 0 bridgehead atoms. The van der Waals surface area contributed by atoms with Crippen LogP contribution in [0.2, 0.25) is 0 Å². The van der Waals surface area contributed by atoms with E-state index < -0.39 is 6.08 Å². The largest absolute Gasteiger partial charge is 0.352 e. The van der Waals surface area contributed by atoms with E-state index in [1.54, 1.807) is 0 Å². The van der Waals surface area contributed by atoms with E-state index in [0.717, 1.165) is 63.2 Å². The van der Waals surface area contributed by atoms with Crippen LogP contribution in [0.4, 0.5) is 8.78 Å². The summed E-state index contributed by atoms with van der Waals surface area (Å²) in [7, 11) is 0. The van der Waals surface area contributed by atoms with Gasteiger partial charge in [-0.1, -0.05) is 32.6 Å². The van der Waals surface area contributed by atoms with E-state index in [1.807, 2.05) is 0 Å². The summed E-state index contributed by atoms with van der Waals surface area (Å²) in [6.07, 6.45) is 13.6. The van der Waals surface area contributed by atoms with Crippen LogP contribution in [0.5, 0.6) is 0 Å². The number of ether oxygens (including phenoxy) is 2. The third kappa shape index (κ3) is 6.52. The smallest absolute Gasteiger partial charge is 0.266 e. The van der Waals surface area contributed by atoms with Crippen molar-refractivity contribution in [1.82, 2.24) is 0 Å². The molecule has 156 valence electrons. The van der Waals surface area contributed by atoms with Crippen molar-refractivity contribution in [3.8, 4) is 0 Å². The normalized spacial score (nSPS) is 37.7. The van der Waals surface area contributed by atoms with E-state index in [0.29, 0.717) is 24.2 Å². The zero-order valence-electron chi connectivity index (χ0n) is 17.0. The third-order valence-electron chi connectivity index (χ3n) is 7.35. The van der Waals surface area contributed by atoms with Crippen molar-refractivity contribution in [2.24, 2.45) is 29.6 Å². The van der Waals surface area contributed by atoms with Crippen molar-refractivity contribution in [2.45, 2.75) is 90.3 Å². The summed E-state index contributed by atoms with van der Waals surface area (Å²) in [6.45, 7) is 4.03. The molecule has 0 N–H and O–H groups in total. The van der Waals surface area contributed by atoms with Crippen LogP contribution in [-0.2, 0) is 9.47 Å². The van der Waals surface area contributed by atoms with Crippen LogP contribution < -0.4 is 0 Å². The Labute approximate surface area is 164 Å². The quantitative estimate of drug-likeness (QED) is 0.473. The summed E-state index contributed by atoms with van der Waals surface area (Å²) < 4.78 is 36.6. The zero-order chi connectivity index (χ0) is 19.1. The standard InChI is InChI=1S/C23H38F2O2/c1-2-4-17-7-11-19(12-8-17)21-15-26-23(27-16-21)20-13-9-18(10-14-20)5-3-6-22(24)25/h6,17-21,23H,2-5,7-16H2,1H3. The molecule has 4 heteroatoms. The van der Waals surface area contributed by atoms with Gasteiger partial charge in [-0.15, -0.1) is 0 Å². The van der Waals surface area contributed by atoms with Crippen molar-refractivity contribution in [2.75, 3.05) is 13.2 Å². The van der Waals surface area contributed by atoms with Crippen molar-refractivity contribution in [3.05, 3.63) is 12.2 Å². The highest BCUT2D eigenvalue weighted by molar-refractivity contribution is 4.84. The first kappa shape index (κ1) is 21.2. The number of halogens is 2. The van der Waals surface area contributed by atoms with E-state index in [1.165, 1.54) is 38.5 Å². The Balaban J connectivity index is 1.32. The van der Waals surface area contributed by atoms with Gasteiger partial charge in [0.2, 0.25) is 0 Å². The maximum atomic E-state index is 12.1. The number of hydrogen-bond acceptors (Lipinski definition) is 2. The summed E-state index contributed by atoms with van der Waals surface area (Å²) in [6, 6.07) is 0. The first-order valence-corrected chi connectivity index (χ1v) is 11.4. The second kappa shape index (κ2) is 10.9. The Hall–Kier alpha value is -0.480. The van der Waals surface area contributed by atoms with E-state index in [2.05, 4.69) is 6.92 Å². The third-order valence-corrected chi connectivity index (χ3v) is 7.35. The Morgan fingerprint density at radius 2 is 1.33 bits per heavy atom. The van der Waals surface area contributed by atoms with Crippen molar-refractivity contribution in [1.29, 1.82) is 0 Å². The van der Waals surface area contributed by atoms with Crippen molar-refractivity contribution < 1.29 is 18.3 Å². The lowest BCUT2D eigenvalue weighted by Gasteiger charge is -2.41. The highest BCUT2D eigenvalue weighted by atomic mass is 19.3. The molecule has 2 aliphatic carbocycles. The number of rotatable bonds is 7. The molecular weight excluding hydrogens is 346 g/mol. The molecule has 0 radical (unpaired) electrons. The zero-order valence-corrected chi connectivity index (χ0v) is 17.0. The van der Waals surface area contributed by atoms with Crippen LogP contribution in [0.15, 0.2) is 12.2 Å². The summed E-state index contributed by atoms with van der Waals surface area (Å²) in [4.78, 5) is 0. The van der Waals surface area contributed by atoms with Gasteiger partial charge in [0.1, 0.15) is 0 Å². The summed E-state index contributed by atoms with van der Waals surface area (Å²) in [5.41, 5.74) is 0. The first-order valence-electron chi connectivity index (χ1n) is 11.4. The van der Waals surface area contributed by atoms with E-state index >= 15 is 0 Å². The summed E-state index contributed by atoms with van der Waals surface area (Å²) >= 11 is 0. The van der Waals surface area contributed by atoms with Gasteiger partial charge in [-0.05, 0) is 75.2 Å². The number of allylic oxidation sites excluding steroid dienone is 1. The maximum absolute atomic E-state index is 12.1. The molecule has 3 fully saturated rings. The van der Waals surface area contributed by atoms with Gasteiger partial charge in [0.15, 0.2) is 6.29 Å². The van der Waals surface area contributed by atoms with Gasteiger partial charge in [0.25, 0.3) is 6.08 Å². The second-order valence-electron chi connectivity index (χ2n) is 9.22. The molecule has 27 heavy (non-hydrogen) atoms. The van der Waals surface area contributed by atoms with E-state index in [4.69, 9.17) is 9.47 Å². The van der Waals surface area contributed by atoms with Gasteiger partial charge < -0.3 is 9.47 Å². The van der Waals surface area contributed by atoms with Crippen LogP contribution >= 0.6 is 0 Å². The monoisotopic (exact) mass is 384 g/mol. The molecule has 0 aromatic carbocycles. The van der Waals surface area contributed by atoms with E-state index in [9.17, 15) is 8.78 Å². The minimum absolute atomic E-state index is 0.0261. The van der Waals surface area contributed by atoms with Gasteiger partial charge >= 0.3 is 0 Å². The summed E-state index contributed by atoms with van der Waals surface area (Å²) in [5.74, 6) is 3.42. The lowest BCUT2D eigenvalue weighted by molar-refractivity contribution is -0.237. The van der Waals surface area contributed by atoms with Crippen LogP contribution in [0.25, 0.3) is 0 Å².